The van der Waals surface area contributed by atoms with E-state index in [1.54, 1.807) is 12.3 Å². The summed E-state index contributed by atoms with van der Waals surface area (Å²) in [5, 5.41) is 14.2. The summed E-state index contributed by atoms with van der Waals surface area (Å²) in [6.45, 7) is 4.03. The first-order valence-corrected chi connectivity index (χ1v) is 7.74. The fourth-order valence-electron chi connectivity index (χ4n) is 2.67. The van der Waals surface area contributed by atoms with Gasteiger partial charge in [-0.05, 0) is 24.8 Å². The molecule has 7 heteroatoms. The summed E-state index contributed by atoms with van der Waals surface area (Å²) in [6.07, 6.45) is 3.79. The summed E-state index contributed by atoms with van der Waals surface area (Å²) in [7, 11) is 0. The van der Waals surface area contributed by atoms with Gasteiger partial charge in [0.15, 0.2) is 0 Å². The van der Waals surface area contributed by atoms with Crippen LogP contribution in [0.15, 0.2) is 22.9 Å². The highest BCUT2D eigenvalue weighted by Gasteiger charge is 2.29. The van der Waals surface area contributed by atoms with Gasteiger partial charge in [0.2, 0.25) is 0 Å². The van der Waals surface area contributed by atoms with Crippen LogP contribution in [0.25, 0.3) is 11.1 Å². The van der Waals surface area contributed by atoms with Crippen molar-refractivity contribution in [2.24, 2.45) is 0 Å². The second-order valence-electron chi connectivity index (χ2n) is 6.20. The Hall–Kier alpha value is -2.70. The predicted molar refractivity (Wildman–Crippen MR) is 84.4 cm³/mol. The van der Waals surface area contributed by atoms with Crippen LogP contribution in [0, 0.1) is 0 Å². The number of anilines is 1. The Balaban J connectivity index is 1.84. The Kier molecular flexibility index (Phi) is 3.14. The first kappa shape index (κ1) is 13.9. The Labute approximate surface area is 132 Å². The zero-order valence-corrected chi connectivity index (χ0v) is 13.0. The minimum Gasteiger partial charge on any atom is -0.335 e. The topological polar surface area (TPSA) is 96.7 Å². The van der Waals surface area contributed by atoms with Crippen molar-refractivity contribution in [1.29, 1.82) is 0 Å². The number of nitrogens with zero attached hydrogens (tertiary/aromatic N) is 3. The fourth-order valence-corrected chi connectivity index (χ4v) is 2.67. The van der Waals surface area contributed by atoms with E-state index in [0.29, 0.717) is 28.4 Å². The number of carbonyl (C=O) groups is 1. The van der Waals surface area contributed by atoms with E-state index in [9.17, 15) is 4.79 Å². The van der Waals surface area contributed by atoms with Crippen molar-refractivity contribution in [3.63, 3.8) is 0 Å². The maximum atomic E-state index is 12.7. The third-order valence-electron chi connectivity index (χ3n) is 4.03. The summed E-state index contributed by atoms with van der Waals surface area (Å²) in [4.78, 5) is 17.3. The molecule has 0 aliphatic heterocycles. The molecule has 1 amide bonds. The number of aromatic nitrogens is 4. The van der Waals surface area contributed by atoms with Gasteiger partial charge in [-0.1, -0.05) is 19.0 Å². The smallest absolute Gasteiger partial charge is 0.259 e. The molecule has 1 saturated carbocycles. The lowest BCUT2D eigenvalue weighted by Crippen LogP contribution is -2.14. The molecule has 1 fully saturated rings. The van der Waals surface area contributed by atoms with Gasteiger partial charge in [-0.25, -0.2) is 4.98 Å². The number of nitrogens with one attached hydrogen (secondary N) is 2. The van der Waals surface area contributed by atoms with E-state index < -0.39 is 0 Å². The second-order valence-corrected chi connectivity index (χ2v) is 6.20. The zero-order valence-electron chi connectivity index (χ0n) is 13.0. The highest BCUT2D eigenvalue weighted by Crippen LogP contribution is 2.41. The van der Waals surface area contributed by atoms with Crippen LogP contribution >= 0.6 is 0 Å². The highest BCUT2D eigenvalue weighted by atomic mass is 16.5. The maximum Gasteiger partial charge on any atom is 0.259 e. The molecule has 3 aromatic heterocycles. The summed E-state index contributed by atoms with van der Waals surface area (Å²) < 4.78 is 5.39. The SMILES string of the molecule is CC(C)c1noc2nc(C3CC3)cc(C(=O)Nc3ccn[nH]3)c12. The summed E-state index contributed by atoms with van der Waals surface area (Å²) >= 11 is 0. The predicted octanol–water partition coefficient (Wildman–Crippen LogP) is 3.20. The van der Waals surface area contributed by atoms with Gasteiger partial charge in [-0.2, -0.15) is 5.10 Å². The van der Waals surface area contributed by atoms with Crippen LogP contribution < -0.4 is 5.32 Å². The molecule has 1 aliphatic carbocycles. The van der Waals surface area contributed by atoms with Gasteiger partial charge in [0.05, 0.1) is 22.8 Å². The van der Waals surface area contributed by atoms with Crippen LogP contribution in [0.1, 0.15) is 60.3 Å². The van der Waals surface area contributed by atoms with E-state index in [-0.39, 0.29) is 11.8 Å². The van der Waals surface area contributed by atoms with E-state index in [1.165, 1.54) is 0 Å². The van der Waals surface area contributed by atoms with Crippen LogP contribution in [0.5, 0.6) is 0 Å². The van der Waals surface area contributed by atoms with Crippen molar-refractivity contribution in [2.45, 2.75) is 38.5 Å². The number of amides is 1. The average Bonchev–Trinajstić information content (AvgIpc) is 3.08. The van der Waals surface area contributed by atoms with Crippen LogP contribution in [0.4, 0.5) is 5.82 Å². The molecular formula is C16H17N5O2. The Morgan fingerprint density at radius 1 is 1.43 bits per heavy atom. The molecule has 0 bridgehead atoms. The molecule has 7 nitrogen and oxygen atoms in total. The molecule has 0 saturated heterocycles. The number of hydrogen-bond donors (Lipinski definition) is 2. The van der Waals surface area contributed by atoms with Gasteiger partial charge in [-0.3, -0.25) is 9.89 Å². The Morgan fingerprint density at radius 2 is 2.26 bits per heavy atom. The zero-order chi connectivity index (χ0) is 16.0. The van der Waals surface area contributed by atoms with Crippen LogP contribution in [-0.2, 0) is 0 Å². The Morgan fingerprint density at radius 3 is 2.91 bits per heavy atom. The van der Waals surface area contributed by atoms with Crippen LogP contribution in [0.2, 0.25) is 0 Å². The third kappa shape index (κ3) is 2.48. The lowest BCUT2D eigenvalue weighted by Gasteiger charge is -2.08. The average molecular weight is 311 g/mol. The molecule has 3 heterocycles. The minimum atomic E-state index is -0.214. The second kappa shape index (κ2) is 5.19. The van der Waals surface area contributed by atoms with Gasteiger partial charge in [0, 0.05) is 17.7 Å². The first-order chi connectivity index (χ1) is 11.1. The molecular weight excluding hydrogens is 294 g/mol. The van der Waals surface area contributed by atoms with Crippen molar-refractivity contribution in [3.05, 3.63) is 35.3 Å². The molecule has 0 unspecified atom stereocenters. The lowest BCUT2D eigenvalue weighted by molar-refractivity contribution is 0.102. The van der Waals surface area contributed by atoms with Crippen molar-refractivity contribution in [2.75, 3.05) is 5.32 Å². The van der Waals surface area contributed by atoms with Gasteiger partial charge >= 0.3 is 0 Å². The molecule has 4 rings (SSSR count). The summed E-state index contributed by atoms with van der Waals surface area (Å²) in [6, 6.07) is 3.57. The summed E-state index contributed by atoms with van der Waals surface area (Å²) in [5.41, 5.74) is 2.65. The van der Waals surface area contributed by atoms with Gasteiger partial charge < -0.3 is 9.84 Å². The third-order valence-corrected chi connectivity index (χ3v) is 4.03. The molecule has 118 valence electrons. The normalized spacial score (nSPS) is 14.6. The number of H-pyrrole nitrogens is 1. The monoisotopic (exact) mass is 311 g/mol. The number of carbonyl (C=O) groups excluding carboxylic acids is 1. The van der Waals surface area contributed by atoms with E-state index in [0.717, 1.165) is 24.2 Å². The lowest BCUT2D eigenvalue weighted by atomic mass is 10.0. The molecule has 23 heavy (non-hydrogen) atoms. The molecule has 0 spiro atoms. The highest BCUT2D eigenvalue weighted by molar-refractivity contribution is 6.12. The molecule has 0 radical (unpaired) electrons. The fraction of sp³-hybridized carbons (Fsp3) is 0.375. The van der Waals surface area contributed by atoms with Crippen molar-refractivity contribution in [3.8, 4) is 0 Å². The standard InChI is InChI=1S/C16H17N5O2/c1-8(2)14-13-10(15(22)19-12-5-6-17-20-12)7-11(9-3-4-9)18-16(13)23-21-14/h5-9H,3-4H2,1-2H3,(H2,17,19,20,22). The maximum absolute atomic E-state index is 12.7. The van der Waals surface area contributed by atoms with Crippen LogP contribution in [-0.4, -0.2) is 26.2 Å². The van der Waals surface area contributed by atoms with E-state index in [1.807, 2.05) is 19.9 Å². The van der Waals surface area contributed by atoms with E-state index in [2.05, 4.69) is 25.7 Å². The largest absolute Gasteiger partial charge is 0.335 e. The van der Waals surface area contributed by atoms with E-state index in [4.69, 9.17) is 4.52 Å². The number of hydrogen-bond acceptors (Lipinski definition) is 5. The minimum absolute atomic E-state index is 0.142. The summed E-state index contributed by atoms with van der Waals surface area (Å²) in [5.74, 6) is 0.901. The first-order valence-electron chi connectivity index (χ1n) is 7.74. The molecule has 2 N–H and O–H groups in total. The van der Waals surface area contributed by atoms with Gasteiger partial charge in [0.25, 0.3) is 11.6 Å². The van der Waals surface area contributed by atoms with Gasteiger partial charge in [0.1, 0.15) is 5.82 Å². The molecule has 3 aromatic rings. The van der Waals surface area contributed by atoms with Gasteiger partial charge in [-0.15, -0.1) is 0 Å². The quantitative estimate of drug-likeness (QED) is 0.771. The van der Waals surface area contributed by atoms with Crippen molar-refractivity contribution in [1.82, 2.24) is 20.3 Å². The van der Waals surface area contributed by atoms with Crippen molar-refractivity contribution < 1.29 is 9.32 Å². The number of rotatable bonds is 4. The molecule has 1 aliphatic rings. The molecule has 0 aromatic carbocycles. The van der Waals surface area contributed by atoms with Crippen molar-refractivity contribution >= 4 is 22.8 Å². The number of aromatic amines is 1. The Bertz CT molecular complexity index is 862. The number of pyridine rings is 1. The van der Waals surface area contributed by atoms with Crippen LogP contribution in [0.3, 0.4) is 0 Å². The molecule has 0 atom stereocenters. The number of fused-ring (bicyclic) bond motifs is 1. The van der Waals surface area contributed by atoms with E-state index >= 15 is 0 Å².